The highest BCUT2D eigenvalue weighted by Gasteiger charge is 2.62. The van der Waals surface area contributed by atoms with Gasteiger partial charge in [-0.15, -0.1) is 0 Å². The third kappa shape index (κ3) is 2.68. The molecule has 1 saturated heterocycles. The molecule has 24 heavy (non-hydrogen) atoms. The summed E-state index contributed by atoms with van der Waals surface area (Å²) < 4.78 is 2.02. The number of carbonyl (C=O) groups excluding carboxylic acids is 1. The first kappa shape index (κ1) is 15.2. The number of benzene rings is 1. The molecule has 2 heterocycles. The SMILES string of the molecule is CC(C)[C@]12C[C@H]1CN(C(=O)Nc1cccc(Cn3ccnc3)c1)C2. The lowest BCUT2D eigenvalue weighted by atomic mass is 9.92. The van der Waals surface area contributed by atoms with Crippen molar-refractivity contribution in [2.24, 2.45) is 17.3 Å². The van der Waals surface area contributed by atoms with Gasteiger partial charge in [-0.05, 0) is 41.4 Å². The summed E-state index contributed by atoms with van der Waals surface area (Å²) in [5.41, 5.74) is 2.39. The number of anilines is 1. The average Bonchev–Trinajstić information content (AvgIpc) is 2.91. The number of hydrogen-bond acceptors (Lipinski definition) is 2. The van der Waals surface area contributed by atoms with E-state index in [1.807, 2.05) is 33.9 Å². The number of nitrogens with one attached hydrogen (secondary N) is 1. The fraction of sp³-hybridized carbons (Fsp3) is 0.474. The molecule has 2 aromatic rings. The second-order valence-corrected chi connectivity index (χ2v) is 7.53. The second-order valence-electron chi connectivity index (χ2n) is 7.53. The highest BCUT2D eigenvalue weighted by atomic mass is 16.2. The zero-order valence-electron chi connectivity index (χ0n) is 14.3. The fourth-order valence-corrected chi connectivity index (χ4v) is 4.11. The molecule has 1 aliphatic heterocycles. The number of imidazole rings is 1. The van der Waals surface area contributed by atoms with Crippen LogP contribution in [0.1, 0.15) is 25.8 Å². The molecule has 5 heteroatoms. The fourth-order valence-electron chi connectivity index (χ4n) is 4.11. The molecule has 1 aromatic heterocycles. The molecule has 0 spiro atoms. The van der Waals surface area contributed by atoms with E-state index in [1.165, 1.54) is 6.42 Å². The molecule has 2 fully saturated rings. The van der Waals surface area contributed by atoms with E-state index in [4.69, 9.17) is 0 Å². The zero-order chi connectivity index (χ0) is 16.7. The Morgan fingerprint density at radius 2 is 2.33 bits per heavy atom. The van der Waals surface area contributed by atoms with Gasteiger partial charge in [0.05, 0.1) is 6.33 Å². The Morgan fingerprint density at radius 3 is 3.04 bits per heavy atom. The highest BCUT2D eigenvalue weighted by Crippen LogP contribution is 2.62. The number of aromatic nitrogens is 2. The smallest absolute Gasteiger partial charge is 0.321 e. The lowest BCUT2D eigenvalue weighted by Gasteiger charge is -2.23. The molecule has 5 nitrogen and oxygen atoms in total. The van der Waals surface area contributed by atoms with E-state index in [1.54, 1.807) is 12.5 Å². The van der Waals surface area contributed by atoms with Crippen LogP contribution in [0.25, 0.3) is 0 Å². The Bertz CT molecular complexity index is 740. The van der Waals surface area contributed by atoms with Gasteiger partial charge in [0.15, 0.2) is 0 Å². The first-order valence-electron chi connectivity index (χ1n) is 8.67. The van der Waals surface area contributed by atoms with Crippen molar-refractivity contribution in [3.63, 3.8) is 0 Å². The van der Waals surface area contributed by atoms with Gasteiger partial charge in [-0.2, -0.15) is 0 Å². The van der Waals surface area contributed by atoms with E-state index in [-0.39, 0.29) is 6.03 Å². The van der Waals surface area contributed by atoms with E-state index in [0.717, 1.165) is 30.9 Å². The summed E-state index contributed by atoms with van der Waals surface area (Å²) in [5, 5.41) is 3.06. The van der Waals surface area contributed by atoms with Gasteiger partial charge in [-0.25, -0.2) is 9.78 Å². The van der Waals surface area contributed by atoms with Crippen LogP contribution in [-0.2, 0) is 6.54 Å². The Balaban J connectivity index is 1.40. The van der Waals surface area contributed by atoms with Crippen molar-refractivity contribution in [1.29, 1.82) is 0 Å². The Hall–Kier alpha value is -2.30. The van der Waals surface area contributed by atoms with Crippen molar-refractivity contribution in [2.45, 2.75) is 26.8 Å². The van der Waals surface area contributed by atoms with Crippen LogP contribution in [0.15, 0.2) is 43.0 Å². The van der Waals surface area contributed by atoms with Crippen molar-refractivity contribution in [3.8, 4) is 0 Å². The summed E-state index contributed by atoms with van der Waals surface area (Å²) in [5.74, 6) is 1.36. The number of nitrogens with zero attached hydrogens (tertiary/aromatic N) is 3. The van der Waals surface area contributed by atoms with Crippen LogP contribution in [0, 0.1) is 17.3 Å². The number of amides is 2. The van der Waals surface area contributed by atoms with Gasteiger partial charge in [-0.1, -0.05) is 26.0 Å². The van der Waals surface area contributed by atoms with Crippen molar-refractivity contribution >= 4 is 11.7 Å². The van der Waals surface area contributed by atoms with E-state index < -0.39 is 0 Å². The first-order chi connectivity index (χ1) is 11.6. The number of fused-ring (bicyclic) bond motifs is 1. The third-order valence-corrected chi connectivity index (χ3v) is 5.75. The Kier molecular flexibility index (Phi) is 3.59. The van der Waals surface area contributed by atoms with E-state index >= 15 is 0 Å². The van der Waals surface area contributed by atoms with Gasteiger partial charge >= 0.3 is 6.03 Å². The van der Waals surface area contributed by atoms with Crippen LogP contribution in [0.4, 0.5) is 10.5 Å². The molecule has 2 aliphatic rings. The standard InChI is InChI=1S/C19H24N4O/c1-14(2)19-9-16(19)11-23(12-19)18(24)21-17-5-3-4-15(8-17)10-22-7-6-20-13-22/h3-8,13-14,16H,9-12H2,1-2H3,(H,21,24)/t16-,19+/m0/s1. The van der Waals surface area contributed by atoms with Gasteiger partial charge in [0, 0.05) is 37.7 Å². The average molecular weight is 324 g/mol. The zero-order valence-corrected chi connectivity index (χ0v) is 14.3. The minimum Gasteiger partial charge on any atom is -0.333 e. The molecule has 1 aromatic carbocycles. The van der Waals surface area contributed by atoms with Crippen LogP contribution in [0.5, 0.6) is 0 Å². The lowest BCUT2D eigenvalue weighted by molar-refractivity contribution is 0.208. The topological polar surface area (TPSA) is 50.2 Å². The van der Waals surface area contributed by atoms with Gasteiger partial charge in [-0.3, -0.25) is 0 Å². The molecule has 4 rings (SSSR count). The number of carbonyl (C=O) groups is 1. The molecule has 0 radical (unpaired) electrons. The summed E-state index contributed by atoms with van der Waals surface area (Å²) in [7, 11) is 0. The molecular formula is C19H24N4O. The normalized spacial score (nSPS) is 25.0. The minimum atomic E-state index is 0.0296. The minimum absolute atomic E-state index is 0.0296. The number of likely N-dealkylation sites (tertiary alicyclic amines) is 1. The number of piperidine rings is 1. The van der Waals surface area contributed by atoms with Gasteiger partial charge in [0.1, 0.15) is 0 Å². The summed E-state index contributed by atoms with van der Waals surface area (Å²) in [6.07, 6.45) is 6.80. The van der Waals surface area contributed by atoms with Crippen LogP contribution < -0.4 is 5.32 Å². The van der Waals surface area contributed by atoms with Crippen LogP contribution in [-0.4, -0.2) is 33.6 Å². The predicted octanol–water partition coefficient (Wildman–Crippen LogP) is 3.44. The van der Waals surface area contributed by atoms with E-state index in [9.17, 15) is 4.79 Å². The maximum absolute atomic E-state index is 12.6. The summed E-state index contributed by atoms with van der Waals surface area (Å²) in [4.78, 5) is 18.6. The Labute approximate surface area is 142 Å². The highest BCUT2D eigenvalue weighted by molar-refractivity contribution is 5.89. The summed E-state index contributed by atoms with van der Waals surface area (Å²) in [6.45, 7) is 7.11. The molecule has 126 valence electrons. The molecule has 0 bridgehead atoms. The molecule has 1 N–H and O–H groups in total. The van der Waals surface area contributed by atoms with Crippen molar-refractivity contribution in [1.82, 2.24) is 14.5 Å². The lowest BCUT2D eigenvalue weighted by Crippen LogP contribution is -2.36. The predicted molar refractivity (Wildman–Crippen MR) is 93.7 cm³/mol. The quantitative estimate of drug-likeness (QED) is 0.936. The van der Waals surface area contributed by atoms with Gasteiger partial charge < -0.3 is 14.8 Å². The van der Waals surface area contributed by atoms with E-state index in [2.05, 4.69) is 30.2 Å². The second kappa shape index (κ2) is 5.65. The molecular weight excluding hydrogens is 300 g/mol. The van der Waals surface area contributed by atoms with Crippen molar-refractivity contribution < 1.29 is 4.79 Å². The summed E-state index contributed by atoms with van der Waals surface area (Å²) >= 11 is 0. The van der Waals surface area contributed by atoms with Crippen molar-refractivity contribution in [2.75, 3.05) is 18.4 Å². The summed E-state index contributed by atoms with van der Waals surface area (Å²) in [6, 6.07) is 8.06. The maximum atomic E-state index is 12.6. The van der Waals surface area contributed by atoms with Crippen LogP contribution in [0.2, 0.25) is 0 Å². The molecule has 1 aliphatic carbocycles. The maximum Gasteiger partial charge on any atom is 0.321 e. The number of rotatable bonds is 4. The first-order valence-corrected chi connectivity index (χ1v) is 8.67. The van der Waals surface area contributed by atoms with Crippen LogP contribution in [0.3, 0.4) is 0 Å². The molecule has 1 saturated carbocycles. The van der Waals surface area contributed by atoms with Crippen LogP contribution >= 0.6 is 0 Å². The van der Waals surface area contributed by atoms with Gasteiger partial charge in [0.2, 0.25) is 0 Å². The van der Waals surface area contributed by atoms with E-state index in [0.29, 0.717) is 17.3 Å². The molecule has 2 atom stereocenters. The number of hydrogen-bond donors (Lipinski definition) is 1. The molecule has 2 amide bonds. The monoisotopic (exact) mass is 324 g/mol. The van der Waals surface area contributed by atoms with Crippen molar-refractivity contribution in [3.05, 3.63) is 48.5 Å². The number of urea groups is 1. The largest absolute Gasteiger partial charge is 0.333 e. The molecule has 0 unspecified atom stereocenters. The third-order valence-electron chi connectivity index (χ3n) is 5.75. The Morgan fingerprint density at radius 1 is 1.46 bits per heavy atom. The van der Waals surface area contributed by atoms with Gasteiger partial charge in [0.25, 0.3) is 0 Å².